The van der Waals surface area contributed by atoms with E-state index >= 15 is 0 Å². The Labute approximate surface area is 152 Å². The number of hydrogen-bond acceptors (Lipinski definition) is 5. The molecule has 9 heteroatoms. The van der Waals surface area contributed by atoms with Gasteiger partial charge in [0, 0.05) is 12.1 Å². The highest BCUT2D eigenvalue weighted by atomic mass is 35.5. The van der Waals surface area contributed by atoms with E-state index in [-0.39, 0.29) is 27.0 Å². The number of rotatable bonds is 5. The summed E-state index contributed by atoms with van der Waals surface area (Å²) in [5, 5.41) is 13.5. The van der Waals surface area contributed by atoms with E-state index < -0.39 is 23.4 Å². The third kappa shape index (κ3) is 4.68. The standard InChI is InChI=1S/C16H12Cl2N2O5/c1-9-5-6-10(20(23)24)7-13(9)19-14(21)8-25-16(22)11-3-2-4-12(17)15(11)18/h2-7H,8H2,1H3,(H,19,21). The first-order valence-corrected chi connectivity index (χ1v) is 7.71. The normalized spacial score (nSPS) is 10.2. The molecule has 0 bridgehead atoms. The predicted octanol–water partition coefficient (Wildman–Crippen LogP) is 4.01. The Morgan fingerprint density at radius 1 is 1.24 bits per heavy atom. The molecule has 0 aromatic heterocycles. The van der Waals surface area contributed by atoms with Crippen LogP contribution in [0, 0.1) is 17.0 Å². The maximum atomic E-state index is 12.0. The van der Waals surface area contributed by atoms with Gasteiger partial charge >= 0.3 is 5.97 Å². The number of ether oxygens (including phenoxy) is 1. The molecule has 130 valence electrons. The Morgan fingerprint density at radius 3 is 2.64 bits per heavy atom. The van der Waals surface area contributed by atoms with Gasteiger partial charge in [0.2, 0.25) is 0 Å². The van der Waals surface area contributed by atoms with Gasteiger partial charge in [-0.05, 0) is 24.6 Å². The van der Waals surface area contributed by atoms with E-state index in [1.807, 2.05) is 0 Å². The molecule has 0 saturated carbocycles. The molecule has 2 rings (SSSR count). The number of amides is 1. The molecule has 25 heavy (non-hydrogen) atoms. The van der Waals surface area contributed by atoms with Crippen LogP contribution < -0.4 is 5.32 Å². The van der Waals surface area contributed by atoms with Crippen molar-refractivity contribution in [3.05, 3.63) is 67.7 Å². The number of nitrogens with one attached hydrogen (secondary N) is 1. The number of nitro groups is 1. The van der Waals surface area contributed by atoms with Gasteiger partial charge in [-0.15, -0.1) is 0 Å². The van der Waals surface area contributed by atoms with Crippen molar-refractivity contribution in [1.29, 1.82) is 0 Å². The summed E-state index contributed by atoms with van der Waals surface area (Å²) in [4.78, 5) is 34.1. The molecule has 0 aliphatic carbocycles. The number of benzene rings is 2. The van der Waals surface area contributed by atoms with Crippen molar-refractivity contribution in [3.8, 4) is 0 Å². The molecule has 0 heterocycles. The average molecular weight is 383 g/mol. The van der Waals surface area contributed by atoms with Crippen molar-refractivity contribution < 1.29 is 19.2 Å². The number of carbonyl (C=O) groups excluding carboxylic acids is 2. The Kier molecular flexibility index (Phi) is 5.95. The summed E-state index contributed by atoms with van der Waals surface area (Å²) in [6, 6.07) is 8.51. The smallest absolute Gasteiger partial charge is 0.340 e. The van der Waals surface area contributed by atoms with E-state index in [9.17, 15) is 19.7 Å². The van der Waals surface area contributed by atoms with E-state index in [1.165, 1.54) is 36.4 Å². The molecule has 0 fully saturated rings. The lowest BCUT2D eigenvalue weighted by molar-refractivity contribution is -0.384. The van der Waals surface area contributed by atoms with Gasteiger partial charge in [0.05, 0.1) is 26.2 Å². The molecule has 0 aliphatic rings. The van der Waals surface area contributed by atoms with Crippen molar-refractivity contribution in [1.82, 2.24) is 0 Å². The van der Waals surface area contributed by atoms with E-state index in [1.54, 1.807) is 6.92 Å². The number of aryl methyl sites for hydroxylation is 1. The van der Waals surface area contributed by atoms with Crippen LogP contribution in [0.3, 0.4) is 0 Å². The highest BCUT2D eigenvalue weighted by Crippen LogP contribution is 2.26. The number of halogens is 2. The minimum Gasteiger partial charge on any atom is -0.452 e. The zero-order chi connectivity index (χ0) is 18.6. The van der Waals surface area contributed by atoms with Crippen molar-refractivity contribution in [3.63, 3.8) is 0 Å². The van der Waals surface area contributed by atoms with Crippen LogP contribution >= 0.6 is 23.2 Å². The van der Waals surface area contributed by atoms with Crippen LogP contribution in [0.15, 0.2) is 36.4 Å². The number of nitrogens with zero attached hydrogens (tertiary/aromatic N) is 1. The fourth-order valence-electron chi connectivity index (χ4n) is 1.91. The van der Waals surface area contributed by atoms with Gasteiger partial charge in [-0.3, -0.25) is 14.9 Å². The first kappa shape index (κ1) is 18.7. The van der Waals surface area contributed by atoms with Gasteiger partial charge in [-0.1, -0.05) is 35.3 Å². The van der Waals surface area contributed by atoms with Crippen LogP contribution in [0.1, 0.15) is 15.9 Å². The molecule has 0 atom stereocenters. The number of non-ortho nitro benzene ring substituents is 1. The van der Waals surface area contributed by atoms with Gasteiger partial charge in [0.1, 0.15) is 0 Å². The first-order chi connectivity index (χ1) is 11.8. The van der Waals surface area contributed by atoms with Gasteiger partial charge in [0.15, 0.2) is 6.61 Å². The van der Waals surface area contributed by atoms with E-state index in [4.69, 9.17) is 27.9 Å². The largest absolute Gasteiger partial charge is 0.452 e. The SMILES string of the molecule is Cc1ccc([N+](=O)[O-])cc1NC(=O)COC(=O)c1cccc(Cl)c1Cl. The van der Waals surface area contributed by atoms with Crippen molar-refractivity contribution in [2.75, 3.05) is 11.9 Å². The van der Waals surface area contributed by atoms with Gasteiger partial charge in [0.25, 0.3) is 11.6 Å². The molecular weight excluding hydrogens is 371 g/mol. The summed E-state index contributed by atoms with van der Waals surface area (Å²) in [5.74, 6) is -1.45. The molecule has 2 aromatic rings. The van der Waals surface area contributed by atoms with Crippen LogP contribution in [-0.4, -0.2) is 23.4 Å². The van der Waals surface area contributed by atoms with Crippen molar-refractivity contribution in [2.45, 2.75) is 6.92 Å². The zero-order valence-electron chi connectivity index (χ0n) is 12.9. The van der Waals surface area contributed by atoms with E-state index in [2.05, 4.69) is 5.32 Å². The molecule has 1 amide bonds. The van der Waals surface area contributed by atoms with E-state index in [0.29, 0.717) is 5.56 Å². The molecule has 0 radical (unpaired) electrons. The zero-order valence-corrected chi connectivity index (χ0v) is 14.4. The Balaban J connectivity index is 2.01. The maximum Gasteiger partial charge on any atom is 0.340 e. The Morgan fingerprint density at radius 2 is 1.96 bits per heavy atom. The molecular formula is C16H12Cl2N2O5. The summed E-state index contributed by atoms with van der Waals surface area (Å²) in [5.41, 5.74) is 0.760. The van der Waals surface area contributed by atoms with Gasteiger partial charge < -0.3 is 10.1 Å². The maximum absolute atomic E-state index is 12.0. The minimum absolute atomic E-state index is 0.0316. The summed E-state index contributed by atoms with van der Waals surface area (Å²) in [7, 11) is 0. The van der Waals surface area contributed by atoms with Gasteiger partial charge in [-0.25, -0.2) is 4.79 Å². The second-order valence-electron chi connectivity index (χ2n) is 4.98. The molecule has 0 saturated heterocycles. The minimum atomic E-state index is -0.807. The fourth-order valence-corrected chi connectivity index (χ4v) is 2.29. The number of anilines is 1. The number of carbonyl (C=O) groups is 2. The molecule has 1 N–H and O–H groups in total. The number of esters is 1. The first-order valence-electron chi connectivity index (χ1n) is 6.95. The van der Waals surface area contributed by atoms with Crippen LogP contribution in [0.25, 0.3) is 0 Å². The highest BCUT2D eigenvalue weighted by molar-refractivity contribution is 6.43. The molecule has 0 aliphatic heterocycles. The number of nitro benzene ring substituents is 1. The lowest BCUT2D eigenvalue weighted by atomic mass is 10.2. The fraction of sp³-hybridized carbons (Fsp3) is 0.125. The molecule has 2 aromatic carbocycles. The quantitative estimate of drug-likeness (QED) is 0.478. The van der Waals surface area contributed by atoms with Crippen molar-refractivity contribution >= 4 is 46.5 Å². The van der Waals surface area contributed by atoms with E-state index in [0.717, 1.165) is 0 Å². The topological polar surface area (TPSA) is 98.5 Å². The lowest BCUT2D eigenvalue weighted by Gasteiger charge is -2.09. The van der Waals surface area contributed by atoms with Crippen molar-refractivity contribution in [2.24, 2.45) is 0 Å². The summed E-state index contributed by atoms with van der Waals surface area (Å²) >= 11 is 11.7. The molecule has 0 unspecified atom stereocenters. The van der Waals surface area contributed by atoms with Crippen LogP contribution in [0.4, 0.5) is 11.4 Å². The Hall–Kier alpha value is -2.64. The highest BCUT2D eigenvalue weighted by Gasteiger charge is 2.16. The average Bonchev–Trinajstić information content (AvgIpc) is 2.57. The lowest BCUT2D eigenvalue weighted by Crippen LogP contribution is -2.21. The monoisotopic (exact) mass is 382 g/mol. The predicted molar refractivity (Wildman–Crippen MR) is 93.2 cm³/mol. The summed E-state index contributed by atoms with van der Waals surface area (Å²) < 4.78 is 4.89. The van der Waals surface area contributed by atoms with Gasteiger partial charge in [-0.2, -0.15) is 0 Å². The van der Waals surface area contributed by atoms with Crippen LogP contribution in [-0.2, 0) is 9.53 Å². The van der Waals surface area contributed by atoms with Crippen LogP contribution in [0.2, 0.25) is 10.0 Å². The third-order valence-electron chi connectivity index (χ3n) is 3.21. The second kappa shape index (κ2) is 7.96. The van der Waals surface area contributed by atoms with Crippen LogP contribution in [0.5, 0.6) is 0 Å². The molecule has 7 nitrogen and oxygen atoms in total. The summed E-state index contributed by atoms with van der Waals surface area (Å²) in [6.45, 7) is 1.10. The second-order valence-corrected chi connectivity index (χ2v) is 5.77. The third-order valence-corrected chi connectivity index (χ3v) is 4.03. The number of hydrogen-bond donors (Lipinski definition) is 1. The Bertz CT molecular complexity index is 854. The molecule has 0 spiro atoms. The summed E-state index contributed by atoms with van der Waals surface area (Å²) in [6.07, 6.45) is 0.